The van der Waals surface area contributed by atoms with Gasteiger partial charge >= 0.3 is 0 Å². The molecular formula is C13H12N2O3. The molecule has 0 heterocycles. The minimum atomic E-state index is 0.196. The first-order chi connectivity index (χ1) is 8.69. The van der Waals surface area contributed by atoms with Gasteiger partial charge in [0.25, 0.3) is 0 Å². The first kappa shape index (κ1) is 13.4. The van der Waals surface area contributed by atoms with E-state index in [0.29, 0.717) is 5.56 Å². The van der Waals surface area contributed by atoms with Crippen LogP contribution in [0.4, 0.5) is 0 Å². The van der Waals surface area contributed by atoms with Crippen LogP contribution in [0.5, 0.6) is 17.2 Å². The Morgan fingerprint density at radius 1 is 0.889 bits per heavy atom. The van der Waals surface area contributed by atoms with Crippen molar-refractivity contribution in [3.63, 3.8) is 0 Å². The van der Waals surface area contributed by atoms with Gasteiger partial charge in [0.1, 0.15) is 23.3 Å². The Labute approximate surface area is 105 Å². The summed E-state index contributed by atoms with van der Waals surface area (Å²) in [6.45, 7) is 3.60. The van der Waals surface area contributed by atoms with Gasteiger partial charge in [0.15, 0.2) is 11.5 Å². The Morgan fingerprint density at radius 2 is 1.28 bits per heavy atom. The van der Waals surface area contributed by atoms with Crippen LogP contribution in [0.1, 0.15) is 16.7 Å². The molecule has 0 fully saturated rings. The summed E-state index contributed by atoms with van der Waals surface area (Å²) in [7, 11) is 4.24. The molecule has 0 aliphatic heterocycles. The van der Waals surface area contributed by atoms with Gasteiger partial charge in [0, 0.05) is 5.56 Å². The first-order valence-corrected chi connectivity index (χ1v) is 4.98. The van der Waals surface area contributed by atoms with Gasteiger partial charge in [-0.2, -0.15) is 10.5 Å². The Bertz CT molecular complexity index is 522. The van der Waals surface area contributed by atoms with Crippen LogP contribution >= 0.6 is 0 Å². The standard InChI is InChI=1S/C13H12N2O3/c1-5-8-9(6-14)11(16-2)13(18-4)12(17-3)10(8)7-15/h5H,1H2,2-4H3. The molecular weight excluding hydrogens is 232 g/mol. The number of rotatable bonds is 4. The predicted octanol–water partition coefficient (Wildman–Crippen LogP) is 2.10. The summed E-state index contributed by atoms with van der Waals surface area (Å²) < 4.78 is 15.5. The molecule has 0 aromatic heterocycles. The number of hydrogen-bond donors (Lipinski definition) is 0. The van der Waals surface area contributed by atoms with E-state index in [-0.39, 0.29) is 28.4 Å². The van der Waals surface area contributed by atoms with E-state index in [0.717, 1.165) is 0 Å². The Morgan fingerprint density at radius 3 is 1.50 bits per heavy atom. The van der Waals surface area contributed by atoms with Gasteiger partial charge in [-0.05, 0) is 0 Å². The van der Waals surface area contributed by atoms with Gasteiger partial charge in [-0.15, -0.1) is 0 Å². The number of benzene rings is 1. The maximum Gasteiger partial charge on any atom is 0.206 e. The topological polar surface area (TPSA) is 75.3 Å². The highest BCUT2D eigenvalue weighted by Gasteiger charge is 2.25. The molecule has 5 heteroatoms. The lowest BCUT2D eigenvalue weighted by Gasteiger charge is -2.16. The highest BCUT2D eigenvalue weighted by molar-refractivity contribution is 5.77. The van der Waals surface area contributed by atoms with Crippen molar-refractivity contribution < 1.29 is 14.2 Å². The molecule has 0 atom stereocenters. The SMILES string of the molecule is C=Cc1c(C#N)c(OC)c(OC)c(OC)c1C#N. The molecule has 1 aromatic rings. The molecule has 0 unspecified atom stereocenters. The van der Waals surface area contributed by atoms with Crippen molar-refractivity contribution in [2.24, 2.45) is 0 Å². The maximum absolute atomic E-state index is 9.18. The molecule has 0 amide bonds. The van der Waals surface area contributed by atoms with Gasteiger partial charge in [-0.1, -0.05) is 12.7 Å². The van der Waals surface area contributed by atoms with Crippen LogP contribution < -0.4 is 14.2 Å². The lowest BCUT2D eigenvalue weighted by molar-refractivity contribution is 0.323. The summed E-state index contributed by atoms with van der Waals surface area (Å²) in [5.74, 6) is 0.676. The molecule has 0 aliphatic rings. The van der Waals surface area contributed by atoms with Crippen LogP contribution in [0.2, 0.25) is 0 Å². The van der Waals surface area contributed by atoms with Gasteiger partial charge in [-0.25, -0.2) is 0 Å². The highest BCUT2D eigenvalue weighted by atomic mass is 16.5. The molecule has 18 heavy (non-hydrogen) atoms. The van der Waals surface area contributed by atoms with Crippen molar-refractivity contribution >= 4 is 6.08 Å². The van der Waals surface area contributed by atoms with E-state index < -0.39 is 0 Å². The molecule has 1 rings (SSSR count). The number of methoxy groups -OCH3 is 3. The maximum atomic E-state index is 9.18. The molecule has 0 bridgehead atoms. The summed E-state index contributed by atoms with van der Waals surface area (Å²) in [4.78, 5) is 0. The van der Waals surface area contributed by atoms with Crippen molar-refractivity contribution in [2.45, 2.75) is 0 Å². The van der Waals surface area contributed by atoms with E-state index in [4.69, 9.17) is 14.2 Å². The molecule has 0 saturated carbocycles. The average Bonchev–Trinajstić information content (AvgIpc) is 2.43. The zero-order valence-corrected chi connectivity index (χ0v) is 10.4. The lowest BCUT2D eigenvalue weighted by atomic mass is 9.99. The largest absolute Gasteiger partial charge is 0.491 e. The zero-order valence-electron chi connectivity index (χ0n) is 10.4. The van der Waals surface area contributed by atoms with E-state index in [1.165, 1.54) is 27.4 Å². The lowest BCUT2D eigenvalue weighted by Crippen LogP contribution is -2.02. The van der Waals surface area contributed by atoms with Crippen LogP contribution in [0.3, 0.4) is 0 Å². The van der Waals surface area contributed by atoms with E-state index >= 15 is 0 Å². The Hall–Kier alpha value is -2.66. The van der Waals surface area contributed by atoms with Gasteiger partial charge in [-0.3, -0.25) is 0 Å². The normalized spacial score (nSPS) is 8.94. The van der Waals surface area contributed by atoms with Gasteiger partial charge in [0.2, 0.25) is 5.75 Å². The monoisotopic (exact) mass is 244 g/mol. The van der Waals surface area contributed by atoms with Gasteiger partial charge in [0.05, 0.1) is 21.3 Å². The fourth-order valence-electron chi connectivity index (χ4n) is 1.70. The van der Waals surface area contributed by atoms with E-state index in [9.17, 15) is 10.5 Å². The van der Waals surface area contributed by atoms with Crippen LogP contribution in [0.15, 0.2) is 6.58 Å². The number of hydrogen-bond acceptors (Lipinski definition) is 5. The number of nitrogens with zero attached hydrogens (tertiary/aromatic N) is 2. The predicted molar refractivity (Wildman–Crippen MR) is 65.6 cm³/mol. The van der Waals surface area contributed by atoms with Crippen LogP contribution in [0.25, 0.3) is 6.08 Å². The van der Waals surface area contributed by atoms with Crippen molar-refractivity contribution in [3.8, 4) is 29.4 Å². The zero-order chi connectivity index (χ0) is 13.7. The number of ether oxygens (including phenoxy) is 3. The quantitative estimate of drug-likeness (QED) is 0.810. The molecule has 0 aliphatic carbocycles. The van der Waals surface area contributed by atoms with Crippen molar-refractivity contribution in [3.05, 3.63) is 23.3 Å². The molecule has 0 spiro atoms. The second-order valence-electron chi connectivity index (χ2n) is 3.19. The fourth-order valence-corrected chi connectivity index (χ4v) is 1.70. The third-order valence-corrected chi connectivity index (χ3v) is 2.45. The summed E-state index contributed by atoms with van der Waals surface area (Å²) in [6.07, 6.45) is 1.42. The molecule has 0 radical (unpaired) electrons. The summed E-state index contributed by atoms with van der Waals surface area (Å²) in [5.41, 5.74) is 0.762. The van der Waals surface area contributed by atoms with E-state index in [1.54, 1.807) is 0 Å². The molecule has 0 N–H and O–H groups in total. The Balaban J connectivity index is 3.92. The summed E-state index contributed by atoms with van der Waals surface area (Å²) in [5, 5.41) is 18.4. The van der Waals surface area contributed by atoms with Crippen molar-refractivity contribution in [1.29, 1.82) is 10.5 Å². The molecule has 92 valence electrons. The van der Waals surface area contributed by atoms with Crippen LogP contribution in [-0.2, 0) is 0 Å². The van der Waals surface area contributed by atoms with Crippen LogP contribution in [0, 0.1) is 22.7 Å². The Kier molecular flexibility index (Phi) is 4.17. The van der Waals surface area contributed by atoms with Crippen LogP contribution in [-0.4, -0.2) is 21.3 Å². The average molecular weight is 244 g/mol. The first-order valence-electron chi connectivity index (χ1n) is 4.98. The second-order valence-corrected chi connectivity index (χ2v) is 3.19. The third-order valence-electron chi connectivity index (χ3n) is 2.45. The molecule has 5 nitrogen and oxygen atoms in total. The summed E-state index contributed by atoms with van der Waals surface area (Å²) >= 11 is 0. The summed E-state index contributed by atoms with van der Waals surface area (Å²) in [6, 6.07) is 3.97. The smallest absolute Gasteiger partial charge is 0.206 e. The molecule has 0 saturated heterocycles. The van der Waals surface area contributed by atoms with Crippen molar-refractivity contribution in [2.75, 3.05) is 21.3 Å². The number of nitriles is 2. The second kappa shape index (κ2) is 5.60. The third kappa shape index (κ3) is 1.83. The minimum Gasteiger partial charge on any atom is -0.491 e. The van der Waals surface area contributed by atoms with E-state index in [2.05, 4.69) is 6.58 Å². The minimum absolute atomic E-state index is 0.196. The molecule has 1 aromatic carbocycles. The highest BCUT2D eigenvalue weighted by Crippen LogP contribution is 2.45. The van der Waals surface area contributed by atoms with Crippen molar-refractivity contribution in [1.82, 2.24) is 0 Å². The fraction of sp³-hybridized carbons (Fsp3) is 0.231. The van der Waals surface area contributed by atoms with E-state index in [1.807, 2.05) is 12.1 Å². The van der Waals surface area contributed by atoms with Gasteiger partial charge < -0.3 is 14.2 Å².